The van der Waals surface area contributed by atoms with Crippen LogP contribution in [0.4, 0.5) is 5.13 Å². The van der Waals surface area contributed by atoms with Gasteiger partial charge in [0, 0.05) is 17.8 Å². The molecule has 14 heavy (non-hydrogen) atoms. The van der Waals surface area contributed by atoms with Crippen LogP contribution in [-0.2, 0) is 6.54 Å². The van der Waals surface area contributed by atoms with Gasteiger partial charge in [0.1, 0.15) is 6.07 Å². The highest BCUT2D eigenvalue weighted by Crippen LogP contribution is 2.12. The lowest BCUT2D eigenvalue weighted by Crippen LogP contribution is -2.01. The Morgan fingerprint density at radius 3 is 3.14 bits per heavy atom. The van der Waals surface area contributed by atoms with E-state index in [-0.39, 0.29) is 0 Å². The van der Waals surface area contributed by atoms with Crippen LogP contribution in [0.5, 0.6) is 0 Å². The molecule has 2 aromatic heterocycles. The van der Waals surface area contributed by atoms with Gasteiger partial charge in [-0.05, 0) is 0 Å². The van der Waals surface area contributed by atoms with Crippen molar-refractivity contribution in [2.75, 3.05) is 5.73 Å². The maximum atomic E-state index is 8.71. The summed E-state index contributed by atoms with van der Waals surface area (Å²) in [5.41, 5.74) is 6.34. The monoisotopic (exact) mass is 205 g/mol. The standard InChI is InChI=1S/C8H7N5S/c9-3-7-11-1-2-13(7)4-6-5-14-8(10)12-6/h1-2,5H,4H2,(H2,10,12). The van der Waals surface area contributed by atoms with Gasteiger partial charge in [-0.25, -0.2) is 9.97 Å². The number of aromatic nitrogens is 3. The predicted molar refractivity (Wildman–Crippen MR) is 52.6 cm³/mol. The van der Waals surface area contributed by atoms with Crippen molar-refractivity contribution >= 4 is 16.5 Å². The van der Waals surface area contributed by atoms with Crippen molar-refractivity contribution < 1.29 is 0 Å². The normalized spacial score (nSPS) is 9.93. The highest BCUT2D eigenvalue weighted by atomic mass is 32.1. The van der Waals surface area contributed by atoms with Crippen molar-refractivity contribution in [3.05, 3.63) is 29.3 Å². The summed E-state index contributed by atoms with van der Waals surface area (Å²) in [6.07, 6.45) is 3.34. The molecule has 0 aliphatic carbocycles. The summed E-state index contributed by atoms with van der Waals surface area (Å²) in [6.45, 7) is 0.538. The lowest BCUT2D eigenvalue weighted by Gasteiger charge is -1.98. The third-order valence-electron chi connectivity index (χ3n) is 1.72. The molecule has 0 fully saturated rings. The van der Waals surface area contributed by atoms with E-state index in [1.54, 1.807) is 17.0 Å². The predicted octanol–water partition coefficient (Wildman–Crippen LogP) is 0.842. The fourth-order valence-corrected chi connectivity index (χ4v) is 1.67. The molecular weight excluding hydrogens is 198 g/mol. The molecule has 0 aliphatic rings. The van der Waals surface area contributed by atoms with E-state index in [9.17, 15) is 0 Å². The number of nitrogen functional groups attached to an aromatic ring is 1. The summed E-state index contributed by atoms with van der Waals surface area (Å²) >= 11 is 1.39. The summed E-state index contributed by atoms with van der Waals surface area (Å²) in [6, 6.07) is 2.00. The zero-order valence-corrected chi connectivity index (χ0v) is 8.03. The topological polar surface area (TPSA) is 80.5 Å². The van der Waals surface area contributed by atoms with Crippen LogP contribution in [0.1, 0.15) is 11.5 Å². The number of hydrogen-bond acceptors (Lipinski definition) is 5. The zero-order chi connectivity index (χ0) is 9.97. The van der Waals surface area contributed by atoms with Gasteiger partial charge in [-0.15, -0.1) is 11.3 Å². The molecule has 2 heterocycles. The Morgan fingerprint density at radius 1 is 1.64 bits per heavy atom. The number of thiazole rings is 1. The van der Waals surface area contributed by atoms with E-state index < -0.39 is 0 Å². The average Bonchev–Trinajstić information content (AvgIpc) is 2.76. The molecule has 0 aliphatic heterocycles. The quantitative estimate of drug-likeness (QED) is 0.787. The summed E-state index contributed by atoms with van der Waals surface area (Å²) < 4.78 is 1.73. The molecular formula is C8H7N5S. The third kappa shape index (κ3) is 1.58. The summed E-state index contributed by atoms with van der Waals surface area (Å²) in [4.78, 5) is 7.98. The van der Waals surface area contributed by atoms with Gasteiger partial charge in [0.2, 0.25) is 5.82 Å². The van der Waals surface area contributed by atoms with Crippen LogP contribution >= 0.6 is 11.3 Å². The Labute approximate surface area is 84.4 Å². The number of anilines is 1. The molecule has 2 aromatic rings. The van der Waals surface area contributed by atoms with Crippen LogP contribution < -0.4 is 5.73 Å². The second kappa shape index (κ2) is 3.47. The molecule has 0 saturated carbocycles. The molecule has 0 aromatic carbocycles. The summed E-state index contributed by atoms with van der Waals surface area (Å²) in [5, 5.41) is 11.1. The van der Waals surface area contributed by atoms with Crippen molar-refractivity contribution in [3.63, 3.8) is 0 Å². The van der Waals surface area contributed by atoms with E-state index in [4.69, 9.17) is 11.0 Å². The van der Waals surface area contributed by atoms with Crippen LogP contribution in [-0.4, -0.2) is 14.5 Å². The third-order valence-corrected chi connectivity index (χ3v) is 2.44. The van der Waals surface area contributed by atoms with Gasteiger partial charge in [-0.3, -0.25) is 0 Å². The van der Waals surface area contributed by atoms with Gasteiger partial charge in [-0.2, -0.15) is 5.26 Å². The van der Waals surface area contributed by atoms with Crippen LogP contribution in [0, 0.1) is 11.3 Å². The lowest BCUT2D eigenvalue weighted by molar-refractivity contribution is 0.766. The number of nitriles is 1. The molecule has 0 saturated heterocycles. The first kappa shape index (κ1) is 8.72. The molecule has 0 radical (unpaired) electrons. The van der Waals surface area contributed by atoms with E-state index in [2.05, 4.69) is 9.97 Å². The van der Waals surface area contributed by atoms with Gasteiger partial charge in [0.15, 0.2) is 5.13 Å². The van der Waals surface area contributed by atoms with Crippen LogP contribution in [0.25, 0.3) is 0 Å². The van der Waals surface area contributed by atoms with Crippen LogP contribution in [0.15, 0.2) is 17.8 Å². The number of nitrogens with zero attached hydrogens (tertiary/aromatic N) is 4. The molecule has 0 bridgehead atoms. The summed E-state index contributed by atoms with van der Waals surface area (Å²) in [5.74, 6) is 0.386. The number of nitrogens with two attached hydrogens (primary N) is 1. The van der Waals surface area contributed by atoms with E-state index in [0.717, 1.165) is 5.69 Å². The molecule has 70 valence electrons. The lowest BCUT2D eigenvalue weighted by atomic mass is 10.4. The maximum Gasteiger partial charge on any atom is 0.213 e. The largest absolute Gasteiger partial charge is 0.375 e. The van der Waals surface area contributed by atoms with E-state index >= 15 is 0 Å². The highest BCUT2D eigenvalue weighted by molar-refractivity contribution is 7.13. The molecule has 0 spiro atoms. The Hall–Kier alpha value is -1.87. The van der Waals surface area contributed by atoms with Crippen molar-refractivity contribution in [1.82, 2.24) is 14.5 Å². The molecule has 0 amide bonds. The summed E-state index contributed by atoms with van der Waals surface area (Å²) in [7, 11) is 0. The first-order chi connectivity index (χ1) is 6.79. The second-order valence-electron chi connectivity index (χ2n) is 2.67. The van der Waals surface area contributed by atoms with E-state index in [1.807, 2.05) is 11.4 Å². The molecule has 2 rings (SSSR count). The first-order valence-electron chi connectivity index (χ1n) is 3.90. The van der Waals surface area contributed by atoms with Gasteiger partial charge >= 0.3 is 0 Å². The van der Waals surface area contributed by atoms with Crippen molar-refractivity contribution in [1.29, 1.82) is 5.26 Å². The first-order valence-corrected chi connectivity index (χ1v) is 4.78. The van der Waals surface area contributed by atoms with Gasteiger partial charge < -0.3 is 10.3 Å². The smallest absolute Gasteiger partial charge is 0.213 e. The van der Waals surface area contributed by atoms with Crippen LogP contribution in [0.3, 0.4) is 0 Å². The van der Waals surface area contributed by atoms with Crippen molar-refractivity contribution in [2.45, 2.75) is 6.54 Å². The van der Waals surface area contributed by atoms with Gasteiger partial charge in [0.05, 0.1) is 12.2 Å². The Balaban J connectivity index is 2.23. The highest BCUT2D eigenvalue weighted by Gasteiger charge is 2.04. The van der Waals surface area contributed by atoms with Crippen LogP contribution in [0.2, 0.25) is 0 Å². The Kier molecular flexibility index (Phi) is 2.16. The van der Waals surface area contributed by atoms with E-state index in [0.29, 0.717) is 17.5 Å². The Bertz CT molecular complexity index is 478. The van der Waals surface area contributed by atoms with Crippen molar-refractivity contribution in [2.24, 2.45) is 0 Å². The fourth-order valence-electron chi connectivity index (χ4n) is 1.12. The SMILES string of the molecule is N#Cc1nccn1Cc1csc(N)n1. The number of hydrogen-bond donors (Lipinski definition) is 1. The minimum absolute atomic E-state index is 0.386. The number of imidazole rings is 1. The minimum Gasteiger partial charge on any atom is -0.375 e. The molecule has 6 heteroatoms. The minimum atomic E-state index is 0.386. The molecule has 2 N–H and O–H groups in total. The average molecular weight is 205 g/mol. The second-order valence-corrected chi connectivity index (χ2v) is 3.56. The molecule has 0 unspecified atom stereocenters. The molecule has 5 nitrogen and oxygen atoms in total. The Morgan fingerprint density at radius 2 is 2.50 bits per heavy atom. The molecule has 0 atom stereocenters. The maximum absolute atomic E-state index is 8.71. The zero-order valence-electron chi connectivity index (χ0n) is 7.21. The van der Waals surface area contributed by atoms with E-state index in [1.165, 1.54) is 11.3 Å². The fraction of sp³-hybridized carbons (Fsp3) is 0.125. The van der Waals surface area contributed by atoms with Gasteiger partial charge in [-0.1, -0.05) is 0 Å². The van der Waals surface area contributed by atoms with Crippen molar-refractivity contribution in [3.8, 4) is 6.07 Å². The number of rotatable bonds is 2. The van der Waals surface area contributed by atoms with Gasteiger partial charge in [0.25, 0.3) is 0 Å².